The predicted molar refractivity (Wildman–Crippen MR) is 125 cm³/mol. The van der Waals surface area contributed by atoms with Gasteiger partial charge in [0.25, 0.3) is 0 Å². The first kappa shape index (κ1) is 21.1. The molecule has 1 amide bonds. The van der Waals surface area contributed by atoms with Gasteiger partial charge in [-0.1, -0.05) is 0 Å². The molecule has 0 fully saturated rings. The van der Waals surface area contributed by atoms with Crippen molar-refractivity contribution in [3.63, 3.8) is 0 Å². The number of primary amides is 1. The van der Waals surface area contributed by atoms with Gasteiger partial charge >= 0.3 is 174 Å². The SMILES string of the molecule is NC(=O)OCCCCCC[PH](c1ccccc1)(c1ccccc1)c1ccccc1. The number of hydrogen-bond donors (Lipinski definition) is 1. The summed E-state index contributed by atoms with van der Waals surface area (Å²) < 4.78 is 4.84. The number of rotatable bonds is 10. The number of nitrogens with two attached hydrogens (primary N) is 1. The van der Waals surface area contributed by atoms with Gasteiger partial charge < -0.3 is 0 Å². The summed E-state index contributed by atoms with van der Waals surface area (Å²) in [6.45, 7) is 0.411. The van der Waals surface area contributed by atoms with E-state index in [0.29, 0.717) is 6.61 Å². The zero-order valence-electron chi connectivity index (χ0n) is 16.8. The fraction of sp³-hybridized carbons (Fsp3) is 0.240. The van der Waals surface area contributed by atoms with Crippen LogP contribution in [-0.2, 0) is 4.74 Å². The van der Waals surface area contributed by atoms with E-state index in [1.807, 2.05) is 0 Å². The summed E-state index contributed by atoms with van der Waals surface area (Å²) >= 11 is 0. The van der Waals surface area contributed by atoms with Crippen LogP contribution < -0.4 is 21.6 Å². The molecule has 0 aliphatic rings. The number of carbonyl (C=O) groups is 1. The van der Waals surface area contributed by atoms with Gasteiger partial charge in [-0.05, 0) is 0 Å². The second-order valence-electron chi connectivity index (χ2n) is 7.34. The first-order valence-corrected chi connectivity index (χ1v) is 12.5. The van der Waals surface area contributed by atoms with E-state index in [-0.39, 0.29) is 0 Å². The first-order valence-electron chi connectivity index (χ1n) is 10.3. The Kier molecular flexibility index (Phi) is 7.84. The fourth-order valence-corrected chi connectivity index (χ4v) is 9.05. The van der Waals surface area contributed by atoms with Gasteiger partial charge in [0.15, 0.2) is 0 Å². The molecule has 4 heteroatoms. The molecule has 0 heterocycles. The number of hydrogen-bond acceptors (Lipinski definition) is 2. The van der Waals surface area contributed by atoms with Crippen LogP contribution in [0.3, 0.4) is 0 Å². The van der Waals surface area contributed by atoms with Gasteiger partial charge in [-0.15, -0.1) is 0 Å². The van der Waals surface area contributed by atoms with Crippen molar-refractivity contribution in [2.45, 2.75) is 25.7 Å². The second kappa shape index (κ2) is 10.8. The van der Waals surface area contributed by atoms with Crippen LogP contribution in [-0.4, -0.2) is 18.9 Å². The van der Waals surface area contributed by atoms with Crippen LogP contribution in [0.1, 0.15) is 25.7 Å². The molecule has 29 heavy (non-hydrogen) atoms. The number of amides is 1. The molecular formula is C25H30NO2P. The molecule has 0 atom stereocenters. The molecule has 3 aromatic rings. The van der Waals surface area contributed by atoms with Crippen LogP contribution in [0.5, 0.6) is 0 Å². The molecule has 2 N–H and O–H groups in total. The molecule has 0 spiro atoms. The average molecular weight is 407 g/mol. The quantitative estimate of drug-likeness (QED) is 0.401. The zero-order chi connectivity index (χ0) is 20.4. The van der Waals surface area contributed by atoms with Gasteiger partial charge in [0.2, 0.25) is 0 Å². The molecule has 0 bridgehead atoms. The topological polar surface area (TPSA) is 52.3 Å². The zero-order valence-corrected chi connectivity index (χ0v) is 17.8. The van der Waals surface area contributed by atoms with Crippen LogP contribution in [0.4, 0.5) is 4.79 Å². The van der Waals surface area contributed by atoms with Crippen molar-refractivity contribution in [3.05, 3.63) is 91.0 Å². The van der Waals surface area contributed by atoms with Crippen molar-refractivity contribution in [1.82, 2.24) is 0 Å². The third-order valence-corrected chi connectivity index (χ3v) is 10.6. The number of carbonyl (C=O) groups excluding carboxylic acids is 1. The van der Waals surface area contributed by atoms with Crippen molar-refractivity contribution in [2.75, 3.05) is 12.8 Å². The summed E-state index contributed by atoms with van der Waals surface area (Å²) in [5.41, 5.74) is 5.03. The van der Waals surface area contributed by atoms with E-state index >= 15 is 0 Å². The molecule has 3 rings (SSSR count). The summed E-state index contributed by atoms with van der Waals surface area (Å²) in [5.74, 6) is 0. The maximum atomic E-state index is 10.7. The predicted octanol–water partition coefficient (Wildman–Crippen LogP) is 4.37. The number of benzene rings is 3. The molecule has 3 nitrogen and oxygen atoms in total. The Morgan fingerprint density at radius 1 is 0.655 bits per heavy atom. The summed E-state index contributed by atoms with van der Waals surface area (Å²) in [6, 6.07) is 33.0. The van der Waals surface area contributed by atoms with Gasteiger partial charge in [-0.2, -0.15) is 0 Å². The van der Waals surface area contributed by atoms with Crippen LogP contribution in [0, 0.1) is 0 Å². The molecule has 0 saturated carbocycles. The molecule has 0 saturated heterocycles. The monoisotopic (exact) mass is 407 g/mol. The standard InChI is InChI=1S/C25H30NO2P/c26-25(27)28-20-12-1-2-13-21-29(22-14-6-3-7-15-22,23-16-8-4-9-17-23)24-18-10-5-11-19-24/h3-11,14-19,29H,1-2,12-13,20-21H2,(H2,26,27). The summed E-state index contributed by atoms with van der Waals surface area (Å²) in [7, 11) is -2.12. The minimum absolute atomic E-state index is 0.411. The Labute approximate surface area is 174 Å². The molecule has 0 radical (unpaired) electrons. The molecule has 0 unspecified atom stereocenters. The summed E-state index contributed by atoms with van der Waals surface area (Å²) in [4.78, 5) is 10.7. The van der Waals surface area contributed by atoms with Gasteiger partial charge in [0.05, 0.1) is 0 Å². The molecule has 0 aliphatic heterocycles. The first-order chi connectivity index (χ1) is 14.2. The van der Waals surface area contributed by atoms with E-state index in [9.17, 15) is 4.79 Å². The number of unbranched alkanes of at least 4 members (excludes halogenated alkanes) is 3. The Morgan fingerprint density at radius 2 is 1.07 bits per heavy atom. The van der Waals surface area contributed by atoms with Gasteiger partial charge in [-0.25, -0.2) is 0 Å². The summed E-state index contributed by atoms with van der Waals surface area (Å²) in [5, 5.41) is 4.36. The van der Waals surface area contributed by atoms with Crippen molar-refractivity contribution in [2.24, 2.45) is 5.73 Å². The van der Waals surface area contributed by atoms with Gasteiger partial charge in [0.1, 0.15) is 0 Å². The van der Waals surface area contributed by atoms with E-state index in [1.54, 1.807) is 0 Å². The fourth-order valence-electron chi connectivity index (χ4n) is 4.12. The Balaban J connectivity index is 1.86. The Morgan fingerprint density at radius 3 is 1.48 bits per heavy atom. The second-order valence-corrected chi connectivity index (χ2v) is 11.4. The number of ether oxygens (including phenoxy) is 1. The van der Waals surface area contributed by atoms with Crippen LogP contribution >= 0.6 is 7.26 Å². The Bertz CT molecular complexity index is 772. The summed E-state index contributed by atoms with van der Waals surface area (Å²) in [6.07, 6.45) is 4.62. The van der Waals surface area contributed by atoms with E-state index in [1.165, 1.54) is 15.9 Å². The van der Waals surface area contributed by atoms with Crippen molar-refractivity contribution < 1.29 is 9.53 Å². The van der Waals surface area contributed by atoms with Crippen LogP contribution in [0.2, 0.25) is 0 Å². The molecule has 0 aromatic heterocycles. The normalized spacial score (nSPS) is 11.7. The molecule has 0 aliphatic carbocycles. The van der Waals surface area contributed by atoms with E-state index in [0.717, 1.165) is 31.8 Å². The maximum absolute atomic E-state index is 10.7. The molecular weight excluding hydrogens is 377 g/mol. The van der Waals surface area contributed by atoms with Crippen LogP contribution in [0.25, 0.3) is 0 Å². The minimum atomic E-state index is -2.12. The average Bonchev–Trinajstić information content (AvgIpc) is 2.77. The third kappa shape index (κ3) is 5.46. The van der Waals surface area contributed by atoms with E-state index in [4.69, 9.17) is 10.5 Å². The van der Waals surface area contributed by atoms with Gasteiger partial charge in [0, 0.05) is 0 Å². The van der Waals surface area contributed by atoms with Crippen LogP contribution in [0.15, 0.2) is 91.0 Å². The van der Waals surface area contributed by atoms with Crippen molar-refractivity contribution in [1.29, 1.82) is 0 Å². The van der Waals surface area contributed by atoms with Gasteiger partial charge in [-0.3, -0.25) is 0 Å². The molecule has 3 aromatic carbocycles. The Hall–Kier alpha value is -2.64. The van der Waals surface area contributed by atoms with Crippen molar-refractivity contribution >= 4 is 29.3 Å². The molecule has 152 valence electrons. The van der Waals surface area contributed by atoms with E-state index < -0.39 is 13.4 Å². The third-order valence-electron chi connectivity index (χ3n) is 5.49. The van der Waals surface area contributed by atoms with E-state index in [2.05, 4.69) is 91.0 Å². The van der Waals surface area contributed by atoms with Crippen molar-refractivity contribution in [3.8, 4) is 0 Å².